The van der Waals surface area contributed by atoms with E-state index in [-0.39, 0.29) is 22.8 Å². The van der Waals surface area contributed by atoms with Gasteiger partial charge in [-0.3, -0.25) is 0 Å². The van der Waals surface area contributed by atoms with E-state index in [0.29, 0.717) is 6.07 Å². The van der Waals surface area contributed by atoms with Crippen LogP contribution < -0.4 is 5.73 Å². The highest BCUT2D eigenvalue weighted by molar-refractivity contribution is 5.90. The van der Waals surface area contributed by atoms with E-state index in [2.05, 4.69) is 13.8 Å². The van der Waals surface area contributed by atoms with Gasteiger partial charge in [0.1, 0.15) is 17.7 Å². The number of ether oxygens (including phenoxy) is 1. The minimum Gasteiger partial charge on any atom is -0.459 e. The van der Waals surface area contributed by atoms with Crippen LogP contribution in [0.15, 0.2) is 12.1 Å². The Labute approximate surface area is 117 Å². The number of nitrogens with two attached hydrogens (primary N) is 1. The monoisotopic (exact) mass is 283 g/mol. The minimum absolute atomic E-state index is 0.207. The maximum absolute atomic E-state index is 13.6. The third kappa shape index (κ3) is 3.26. The molecule has 0 bridgehead atoms. The van der Waals surface area contributed by atoms with E-state index in [1.165, 1.54) is 0 Å². The first-order chi connectivity index (χ1) is 9.28. The van der Waals surface area contributed by atoms with Crippen molar-refractivity contribution in [1.82, 2.24) is 0 Å². The van der Waals surface area contributed by atoms with Crippen LogP contribution in [0.4, 0.5) is 14.5 Å². The molecule has 0 spiro atoms. The highest BCUT2D eigenvalue weighted by Crippen LogP contribution is 2.36. The molecule has 1 aliphatic rings. The summed E-state index contributed by atoms with van der Waals surface area (Å²) in [6.45, 7) is 4.34. The quantitative estimate of drug-likeness (QED) is 0.665. The fourth-order valence-electron chi connectivity index (χ4n) is 2.43. The summed E-state index contributed by atoms with van der Waals surface area (Å²) >= 11 is 0. The van der Waals surface area contributed by atoms with Crippen molar-refractivity contribution in [1.29, 1.82) is 0 Å². The fraction of sp³-hybridized carbons (Fsp3) is 0.533. The Morgan fingerprint density at radius 3 is 2.45 bits per heavy atom. The van der Waals surface area contributed by atoms with Crippen LogP contribution in [0, 0.1) is 17.0 Å². The summed E-state index contributed by atoms with van der Waals surface area (Å²) in [7, 11) is 0. The van der Waals surface area contributed by atoms with Crippen molar-refractivity contribution >= 4 is 11.7 Å². The van der Waals surface area contributed by atoms with Crippen LogP contribution in [0.25, 0.3) is 0 Å². The van der Waals surface area contributed by atoms with Crippen LogP contribution in [0.1, 0.15) is 49.9 Å². The van der Waals surface area contributed by atoms with Crippen LogP contribution in [-0.2, 0) is 4.74 Å². The summed E-state index contributed by atoms with van der Waals surface area (Å²) in [5, 5.41) is 0. The van der Waals surface area contributed by atoms with Gasteiger partial charge in [-0.25, -0.2) is 13.6 Å². The number of halogens is 2. The van der Waals surface area contributed by atoms with Gasteiger partial charge in [-0.2, -0.15) is 0 Å². The molecule has 3 nitrogen and oxygen atoms in total. The Bertz CT molecular complexity index is 519. The first kappa shape index (κ1) is 14.8. The molecule has 0 atom stereocenters. The van der Waals surface area contributed by atoms with Gasteiger partial charge in [-0.1, -0.05) is 13.8 Å². The summed E-state index contributed by atoms with van der Waals surface area (Å²) in [6, 6.07) is 1.59. The van der Waals surface area contributed by atoms with Crippen molar-refractivity contribution in [3.8, 4) is 0 Å². The summed E-state index contributed by atoms with van der Waals surface area (Å²) in [6.07, 6.45) is 3.23. The molecule has 2 rings (SSSR count). The van der Waals surface area contributed by atoms with Crippen molar-refractivity contribution in [2.75, 3.05) is 5.73 Å². The number of anilines is 1. The number of nitrogen functional groups attached to an aromatic ring is 1. The maximum atomic E-state index is 13.6. The van der Waals surface area contributed by atoms with Gasteiger partial charge in [0.15, 0.2) is 0 Å². The van der Waals surface area contributed by atoms with Gasteiger partial charge in [-0.15, -0.1) is 0 Å². The van der Waals surface area contributed by atoms with E-state index in [1.807, 2.05) is 0 Å². The molecule has 0 unspecified atom stereocenters. The molecule has 1 aromatic carbocycles. The number of carbonyl (C=O) groups excluding carboxylic acids is 1. The Morgan fingerprint density at radius 1 is 1.25 bits per heavy atom. The highest BCUT2D eigenvalue weighted by Gasteiger charge is 2.29. The second kappa shape index (κ2) is 5.38. The molecule has 1 aliphatic carbocycles. The topological polar surface area (TPSA) is 52.3 Å². The van der Waals surface area contributed by atoms with Crippen molar-refractivity contribution in [3.63, 3.8) is 0 Å². The van der Waals surface area contributed by atoms with Crippen LogP contribution >= 0.6 is 0 Å². The molecule has 1 saturated carbocycles. The zero-order valence-electron chi connectivity index (χ0n) is 11.7. The van der Waals surface area contributed by atoms with E-state index < -0.39 is 17.6 Å². The normalized spacial score (nSPS) is 18.8. The van der Waals surface area contributed by atoms with E-state index in [0.717, 1.165) is 31.7 Å². The Hall–Kier alpha value is -1.65. The first-order valence-corrected chi connectivity index (χ1v) is 6.74. The number of hydrogen-bond acceptors (Lipinski definition) is 3. The standard InChI is InChI=1S/C15H19F2NO2/c1-15(2)5-3-9(4-6-15)20-14(19)10-7-13(18)12(17)8-11(10)16/h7-9H,3-6,18H2,1-2H3. The molecule has 0 heterocycles. The van der Waals surface area contributed by atoms with E-state index >= 15 is 0 Å². The number of esters is 1. The lowest BCUT2D eigenvalue weighted by molar-refractivity contribution is 0.00906. The van der Waals surface area contributed by atoms with Crippen LogP contribution in [0.5, 0.6) is 0 Å². The number of carbonyl (C=O) groups is 1. The minimum atomic E-state index is -0.946. The molecule has 20 heavy (non-hydrogen) atoms. The van der Waals surface area contributed by atoms with Gasteiger partial charge in [0.2, 0.25) is 0 Å². The zero-order valence-corrected chi connectivity index (χ0v) is 11.7. The van der Waals surface area contributed by atoms with Gasteiger partial charge >= 0.3 is 5.97 Å². The fourth-order valence-corrected chi connectivity index (χ4v) is 2.43. The zero-order chi connectivity index (χ0) is 14.9. The van der Waals surface area contributed by atoms with Gasteiger partial charge < -0.3 is 10.5 Å². The molecule has 0 aromatic heterocycles. The summed E-state index contributed by atoms with van der Waals surface area (Å²) in [4.78, 5) is 11.9. The van der Waals surface area contributed by atoms with Crippen molar-refractivity contribution < 1.29 is 18.3 Å². The third-order valence-corrected chi connectivity index (χ3v) is 3.87. The Kier molecular flexibility index (Phi) is 3.97. The molecule has 0 saturated heterocycles. The first-order valence-electron chi connectivity index (χ1n) is 6.74. The predicted octanol–water partition coefficient (Wildman–Crippen LogP) is 3.67. The van der Waals surface area contributed by atoms with Gasteiger partial charge in [0.05, 0.1) is 11.3 Å². The third-order valence-electron chi connectivity index (χ3n) is 3.87. The Balaban J connectivity index is 2.04. The molecule has 0 aliphatic heterocycles. The number of benzene rings is 1. The average molecular weight is 283 g/mol. The van der Waals surface area contributed by atoms with Crippen molar-refractivity contribution in [3.05, 3.63) is 29.3 Å². The average Bonchev–Trinajstić information content (AvgIpc) is 2.36. The van der Waals surface area contributed by atoms with Crippen LogP contribution in [0.3, 0.4) is 0 Å². The lowest BCUT2D eigenvalue weighted by Gasteiger charge is -2.33. The van der Waals surface area contributed by atoms with Crippen molar-refractivity contribution in [2.24, 2.45) is 5.41 Å². The molecular formula is C15H19F2NO2. The smallest absolute Gasteiger partial charge is 0.341 e. The number of rotatable bonds is 2. The van der Waals surface area contributed by atoms with Gasteiger partial charge in [0.25, 0.3) is 0 Å². The second-order valence-electron chi connectivity index (χ2n) is 6.12. The molecular weight excluding hydrogens is 264 g/mol. The van der Waals surface area contributed by atoms with E-state index in [4.69, 9.17) is 10.5 Å². The largest absolute Gasteiger partial charge is 0.459 e. The summed E-state index contributed by atoms with van der Waals surface area (Å²) in [5.41, 5.74) is 5.03. The lowest BCUT2D eigenvalue weighted by atomic mass is 9.76. The second-order valence-corrected chi connectivity index (χ2v) is 6.12. The Morgan fingerprint density at radius 2 is 1.85 bits per heavy atom. The summed E-state index contributed by atoms with van der Waals surface area (Å²) < 4.78 is 31.9. The molecule has 1 fully saturated rings. The predicted molar refractivity (Wildman–Crippen MR) is 72.2 cm³/mol. The van der Waals surface area contributed by atoms with Gasteiger partial charge in [-0.05, 0) is 37.2 Å². The maximum Gasteiger partial charge on any atom is 0.341 e. The molecule has 5 heteroatoms. The van der Waals surface area contributed by atoms with Crippen molar-refractivity contribution in [2.45, 2.75) is 45.6 Å². The van der Waals surface area contributed by atoms with E-state index in [1.54, 1.807) is 0 Å². The van der Waals surface area contributed by atoms with Gasteiger partial charge in [0, 0.05) is 6.07 Å². The van der Waals surface area contributed by atoms with E-state index in [9.17, 15) is 13.6 Å². The molecule has 1 aromatic rings. The molecule has 0 radical (unpaired) electrons. The molecule has 110 valence electrons. The van der Waals surface area contributed by atoms with Crippen LogP contribution in [-0.4, -0.2) is 12.1 Å². The SMILES string of the molecule is CC1(C)CCC(OC(=O)c2cc(N)c(F)cc2F)CC1. The highest BCUT2D eigenvalue weighted by atomic mass is 19.1. The summed E-state index contributed by atoms with van der Waals surface area (Å²) in [5.74, 6) is -2.60. The molecule has 0 amide bonds. The number of hydrogen-bond donors (Lipinski definition) is 1. The molecule has 2 N–H and O–H groups in total. The van der Waals surface area contributed by atoms with Crippen LogP contribution in [0.2, 0.25) is 0 Å². The lowest BCUT2D eigenvalue weighted by Crippen LogP contribution is -2.28.